The summed E-state index contributed by atoms with van der Waals surface area (Å²) in [5, 5.41) is 3.67. The number of amides is 1. The van der Waals surface area contributed by atoms with Gasteiger partial charge >= 0.3 is 0 Å². The van der Waals surface area contributed by atoms with Gasteiger partial charge in [-0.25, -0.2) is 13.1 Å². The number of nitrogens with one attached hydrogen (secondary N) is 2. The van der Waals surface area contributed by atoms with Crippen LogP contribution < -0.4 is 10.0 Å². The molecule has 29 heavy (non-hydrogen) atoms. The number of carbonyl (C=O) groups excluding carboxylic acids is 1. The third kappa shape index (κ3) is 6.27. The Morgan fingerprint density at radius 1 is 1.17 bits per heavy atom. The Kier molecular flexibility index (Phi) is 7.52. The molecule has 0 spiro atoms. The summed E-state index contributed by atoms with van der Waals surface area (Å²) < 4.78 is 27.2. The molecule has 164 valence electrons. The minimum atomic E-state index is -3.60. The first kappa shape index (κ1) is 23.8. The van der Waals surface area contributed by atoms with Gasteiger partial charge in [0.2, 0.25) is 10.0 Å². The van der Waals surface area contributed by atoms with Gasteiger partial charge in [-0.15, -0.1) is 0 Å². The second-order valence-corrected chi connectivity index (χ2v) is 11.1. The van der Waals surface area contributed by atoms with Crippen LogP contribution >= 0.6 is 0 Å². The molecule has 0 radical (unpaired) electrons. The average Bonchev–Trinajstić information content (AvgIpc) is 2.59. The molecular formula is C22H37N3O3S. The molecule has 0 aliphatic carbocycles. The Morgan fingerprint density at radius 3 is 2.34 bits per heavy atom. The standard InChI is InChI=1S/C22H37N3O3S/c1-7-9-13-25(18-15-21(3,4)24-22(5,6)16-18)20(26)17-11-10-12-19(14-17)29(27,28)23-8-2/h10-12,14,18,23-24H,7-9,13,15-16H2,1-6H3. The molecule has 2 N–H and O–H groups in total. The van der Waals surface area contributed by atoms with Crippen LogP contribution in [0.3, 0.4) is 0 Å². The van der Waals surface area contributed by atoms with Crippen molar-refractivity contribution in [2.45, 2.75) is 89.2 Å². The molecule has 1 aliphatic rings. The van der Waals surface area contributed by atoms with E-state index in [2.05, 4.69) is 44.7 Å². The maximum atomic E-state index is 13.5. The molecule has 0 saturated carbocycles. The lowest BCUT2D eigenvalue weighted by Gasteiger charge is -2.49. The fourth-order valence-electron chi connectivity index (χ4n) is 4.50. The molecule has 1 aromatic rings. The highest BCUT2D eigenvalue weighted by Gasteiger charge is 2.41. The van der Waals surface area contributed by atoms with Gasteiger partial charge in [-0.2, -0.15) is 0 Å². The highest BCUT2D eigenvalue weighted by Crippen LogP contribution is 2.32. The van der Waals surface area contributed by atoms with Crippen molar-refractivity contribution < 1.29 is 13.2 Å². The van der Waals surface area contributed by atoms with Crippen LogP contribution in [0.5, 0.6) is 0 Å². The number of hydrogen-bond acceptors (Lipinski definition) is 4. The van der Waals surface area contributed by atoms with Crippen molar-refractivity contribution in [1.82, 2.24) is 14.9 Å². The Bertz CT molecular complexity index is 802. The number of unbranched alkanes of at least 4 members (excludes halogenated alkanes) is 1. The van der Waals surface area contributed by atoms with Crippen molar-refractivity contribution in [3.8, 4) is 0 Å². The van der Waals surface area contributed by atoms with E-state index in [1.165, 1.54) is 12.1 Å². The van der Waals surface area contributed by atoms with Gasteiger partial charge in [0.15, 0.2) is 0 Å². The number of nitrogens with zero attached hydrogens (tertiary/aromatic N) is 1. The number of piperidine rings is 1. The van der Waals surface area contributed by atoms with E-state index in [-0.39, 0.29) is 27.9 Å². The molecule has 0 atom stereocenters. The van der Waals surface area contributed by atoms with Crippen molar-refractivity contribution in [3.63, 3.8) is 0 Å². The van der Waals surface area contributed by atoms with Crippen LogP contribution in [0.2, 0.25) is 0 Å². The number of hydrogen-bond donors (Lipinski definition) is 2. The molecule has 0 aromatic heterocycles. The Labute approximate surface area is 176 Å². The summed E-state index contributed by atoms with van der Waals surface area (Å²) in [6.07, 6.45) is 3.64. The predicted molar refractivity (Wildman–Crippen MR) is 118 cm³/mol. The Morgan fingerprint density at radius 2 is 1.79 bits per heavy atom. The fourth-order valence-corrected chi connectivity index (χ4v) is 5.59. The van der Waals surface area contributed by atoms with E-state index in [1.807, 2.05) is 4.90 Å². The van der Waals surface area contributed by atoms with Gasteiger partial charge in [0.1, 0.15) is 0 Å². The Hall–Kier alpha value is -1.44. The monoisotopic (exact) mass is 423 g/mol. The molecular weight excluding hydrogens is 386 g/mol. The number of benzene rings is 1. The summed E-state index contributed by atoms with van der Waals surface area (Å²) in [5.74, 6) is -0.0921. The van der Waals surface area contributed by atoms with Gasteiger partial charge in [-0.3, -0.25) is 4.79 Å². The molecule has 1 aromatic carbocycles. The van der Waals surface area contributed by atoms with Gasteiger partial charge in [-0.1, -0.05) is 26.3 Å². The molecule has 1 aliphatic heterocycles. The van der Waals surface area contributed by atoms with Crippen LogP contribution in [0.25, 0.3) is 0 Å². The number of carbonyl (C=O) groups is 1. The van der Waals surface area contributed by atoms with Gasteiger partial charge in [-0.05, 0) is 65.2 Å². The average molecular weight is 424 g/mol. The lowest BCUT2D eigenvalue weighted by Crippen LogP contribution is -2.62. The van der Waals surface area contributed by atoms with E-state index >= 15 is 0 Å². The van der Waals surface area contributed by atoms with Crippen LogP contribution in [-0.4, -0.2) is 49.4 Å². The van der Waals surface area contributed by atoms with Gasteiger partial charge in [0.25, 0.3) is 5.91 Å². The molecule has 0 unspecified atom stereocenters. The maximum absolute atomic E-state index is 13.5. The smallest absolute Gasteiger partial charge is 0.254 e. The molecule has 1 amide bonds. The zero-order valence-corrected chi connectivity index (χ0v) is 19.5. The summed E-state index contributed by atoms with van der Waals surface area (Å²) >= 11 is 0. The van der Waals surface area contributed by atoms with Crippen molar-refractivity contribution in [3.05, 3.63) is 29.8 Å². The molecule has 1 saturated heterocycles. The highest BCUT2D eigenvalue weighted by molar-refractivity contribution is 7.89. The predicted octanol–water partition coefficient (Wildman–Crippen LogP) is 3.54. The zero-order valence-electron chi connectivity index (χ0n) is 18.7. The number of sulfonamides is 1. The summed E-state index contributed by atoms with van der Waals surface area (Å²) in [6, 6.07) is 6.49. The minimum Gasteiger partial charge on any atom is -0.336 e. The van der Waals surface area contributed by atoms with Crippen LogP contribution in [-0.2, 0) is 10.0 Å². The van der Waals surface area contributed by atoms with Gasteiger partial charge < -0.3 is 10.2 Å². The van der Waals surface area contributed by atoms with Crippen molar-refractivity contribution in [2.24, 2.45) is 0 Å². The summed E-state index contributed by atoms with van der Waals surface area (Å²) in [7, 11) is -3.60. The van der Waals surface area contributed by atoms with Crippen LogP contribution in [0.1, 0.15) is 77.6 Å². The topological polar surface area (TPSA) is 78.5 Å². The minimum absolute atomic E-state index is 0.0760. The molecule has 6 nitrogen and oxygen atoms in total. The second-order valence-electron chi connectivity index (χ2n) is 9.34. The van der Waals surface area contributed by atoms with Crippen molar-refractivity contribution in [2.75, 3.05) is 13.1 Å². The first-order valence-corrected chi connectivity index (χ1v) is 12.1. The van der Waals surface area contributed by atoms with E-state index in [9.17, 15) is 13.2 Å². The van der Waals surface area contributed by atoms with Crippen molar-refractivity contribution >= 4 is 15.9 Å². The quantitative estimate of drug-likeness (QED) is 0.670. The summed E-state index contributed by atoms with van der Waals surface area (Å²) in [5.41, 5.74) is 0.273. The van der Waals surface area contributed by atoms with Gasteiger partial charge in [0.05, 0.1) is 4.90 Å². The maximum Gasteiger partial charge on any atom is 0.254 e. The normalized spacial score (nSPS) is 19.1. The third-order valence-electron chi connectivity index (χ3n) is 5.35. The molecule has 1 fully saturated rings. The number of rotatable bonds is 8. The second kappa shape index (κ2) is 9.14. The first-order chi connectivity index (χ1) is 13.4. The molecule has 7 heteroatoms. The van der Waals surface area contributed by atoms with E-state index in [0.717, 1.165) is 25.7 Å². The fraction of sp³-hybridized carbons (Fsp3) is 0.682. The van der Waals surface area contributed by atoms with Crippen LogP contribution in [0, 0.1) is 0 Å². The van der Waals surface area contributed by atoms with Crippen LogP contribution in [0.15, 0.2) is 29.2 Å². The Balaban J connectivity index is 2.37. The van der Waals surface area contributed by atoms with Crippen LogP contribution in [0.4, 0.5) is 0 Å². The summed E-state index contributed by atoms with van der Waals surface area (Å²) in [6.45, 7) is 13.5. The molecule has 1 heterocycles. The van der Waals surface area contributed by atoms with E-state index < -0.39 is 10.0 Å². The van der Waals surface area contributed by atoms with E-state index in [1.54, 1.807) is 19.1 Å². The third-order valence-corrected chi connectivity index (χ3v) is 6.89. The largest absolute Gasteiger partial charge is 0.336 e. The first-order valence-electron chi connectivity index (χ1n) is 10.6. The highest BCUT2D eigenvalue weighted by atomic mass is 32.2. The lowest BCUT2D eigenvalue weighted by atomic mass is 9.78. The summed E-state index contributed by atoms with van der Waals surface area (Å²) in [4.78, 5) is 15.6. The lowest BCUT2D eigenvalue weighted by molar-refractivity contribution is 0.0441. The molecule has 2 rings (SSSR count). The van der Waals surface area contributed by atoms with E-state index in [4.69, 9.17) is 0 Å². The zero-order chi connectivity index (χ0) is 21.9. The van der Waals surface area contributed by atoms with E-state index in [0.29, 0.717) is 18.7 Å². The SMILES string of the molecule is CCCCN(C(=O)c1cccc(S(=O)(=O)NCC)c1)C1CC(C)(C)NC(C)(C)C1. The van der Waals surface area contributed by atoms with Crippen molar-refractivity contribution in [1.29, 1.82) is 0 Å². The molecule has 0 bridgehead atoms. The van der Waals surface area contributed by atoms with Gasteiger partial charge in [0, 0.05) is 35.8 Å².